The third-order valence-corrected chi connectivity index (χ3v) is 6.43. The van der Waals surface area contributed by atoms with Crippen molar-refractivity contribution in [1.29, 1.82) is 0 Å². The molecule has 0 saturated carbocycles. The Hall–Kier alpha value is -1.24. The molecule has 1 spiro atoms. The van der Waals surface area contributed by atoms with E-state index in [0.29, 0.717) is 5.41 Å². The summed E-state index contributed by atoms with van der Waals surface area (Å²) in [4.78, 5) is 9.67. The van der Waals surface area contributed by atoms with E-state index in [0.717, 1.165) is 24.5 Å². The van der Waals surface area contributed by atoms with Gasteiger partial charge < -0.3 is 4.52 Å². The smallest absolute Gasteiger partial charge is 0.138 e. The highest BCUT2D eigenvalue weighted by Gasteiger charge is 2.41. The van der Waals surface area contributed by atoms with Crippen LogP contribution in [-0.2, 0) is 13.1 Å². The van der Waals surface area contributed by atoms with Gasteiger partial charge in [0.2, 0.25) is 0 Å². The zero-order chi connectivity index (χ0) is 16.6. The van der Waals surface area contributed by atoms with Crippen LogP contribution in [0.3, 0.4) is 0 Å². The Balaban J connectivity index is 1.39. The zero-order valence-corrected chi connectivity index (χ0v) is 15.4. The molecule has 0 aromatic carbocycles. The van der Waals surface area contributed by atoms with Gasteiger partial charge in [0.05, 0.1) is 12.2 Å². The number of likely N-dealkylation sites (tertiary alicyclic amines) is 2. The van der Waals surface area contributed by atoms with Crippen molar-refractivity contribution >= 4 is 11.3 Å². The largest absolute Gasteiger partial charge is 0.361 e. The van der Waals surface area contributed by atoms with E-state index in [1.54, 1.807) is 11.3 Å². The van der Waals surface area contributed by atoms with Crippen molar-refractivity contribution in [3.63, 3.8) is 0 Å². The Morgan fingerprint density at radius 3 is 2.71 bits per heavy atom. The van der Waals surface area contributed by atoms with Crippen molar-refractivity contribution in [2.45, 2.75) is 46.2 Å². The van der Waals surface area contributed by atoms with E-state index in [9.17, 15) is 0 Å². The van der Waals surface area contributed by atoms with Crippen LogP contribution in [0, 0.1) is 19.3 Å². The van der Waals surface area contributed by atoms with Gasteiger partial charge in [0.15, 0.2) is 0 Å². The van der Waals surface area contributed by atoms with E-state index < -0.39 is 0 Å². The maximum absolute atomic E-state index is 5.33. The predicted octanol–water partition coefficient (Wildman–Crippen LogP) is 3.24. The molecule has 0 N–H and O–H groups in total. The summed E-state index contributed by atoms with van der Waals surface area (Å²) in [5, 5.41) is 7.43. The van der Waals surface area contributed by atoms with Gasteiger partial charge in [0, 0.05) is 36.8 Å². The highest BCUT2D eigenvalue weighted by Crippen LogP contribution is 2.40. The van der Waals surface area contributed by atoms with Crippen molar-refractivity contribution in [2.75, 3.05) is 26.2 Å². The topological polar surface area (TPSA) is 45.4 Å². The number of hydrogen-bond donors (Lipinski definition) is 0. The Morgan fingerprint density at radius 1 is 1.17 bits per heavy atom. The molecule has 2 aliphatic heterocycles. The Morgan fingerprint density at radius 2 is 2.00 bits per heavy atom. The van der Waals surface area contributed by atoms with E-state index in [1.807, 2.05) is 20.0 Å². The van der Waals surface area contributed by atoms with E-state index in [2.05, 4.69) is 25.3 Å². The van der Waals surface area contributed by atoms with Gasteiger partial charge in [-0.2, -0.15) is 0 Å². The molecule has 130 valence electrons. The third kappa shape index (κ3) is 3.27. The summed E-state index contributed by atoms with van der Waals surface area (Å²) in [5.41, 5.74) is 2.79. The maximum Gasteiger partial charge on any atom is 0.138 e. The van der Waals surface area contributed by atoms with Gasteiger partial charge in [-0.1, -0.05) is 5.16 Å². The van der Waals surface area contributed by atoms with Crippen LogP contribution < -0.4 is 0 Å². The number of nitrogens with zero attached hydrogens (tertiary/aromatic N) is 4. The van der Waals surface area contributed by atoms with Crippen LogP contribution >= 0.6 is 11.3 Å². The molecular formula is C18H26N4OS. The minimum Gasteiger partial charge on any atom is -0.361 e. The fourth-order valence-electron chi connectivity index (χ4n) is 4.41. The average molecular weight is 346 g/mol. The van der Waals surface area contributed by atoms with Gasteiger partial charge in [-0.05, 0) is 51.6 Å². The second-order valence-corrected chi connectivity index (χ2v) is 8.48. The van der Waals surface area contributed by atoms with Crippen LogP contribution in [0.25, 0.3) is 0 Å². The molecule has 0 aliphatic carbocycles. The van der Waals surface area contributed by atoms with Crippen LogP contribution in [0.1, 0.15) is 41.3 Å². The lowest BCUT2D eigenvalue weighted by Crippen LogP contribution is -2.44. The minimum absolute atomic E-state index is 0.467. The number of aryl methyl sites for hydroxylation is 2. The fourth-order valence-corrected chi connectivity index (χ4v) is 5.07. The molecule has 6 heteroatoms. The summed E-state index contributed by atoms with van der Waals surface area (Å²) in [6, 6.07) is 0. The fraction of sp³-hybridized carbons (Fsp3) is 0.667. The average Bonchev–Trinajstić information content (AvgIpc) is 3.27. The Bertz CT molecular complexity index is 664. The first-order valence-electron chi connectivity index (χ1n) is 8.88. The Labute approximate surface area is 147 Å². The summed E-state index contributed by atoms with van der Waals surface area (Å²) in [7, 11) is 0. The predicted molar refractivity (Wildman–Crippen MR) is 94.9 cm³/mol. The molecule has 4 rings (SSSR count). The molecular weight excluding hydrogens is 320 g/mol. The molecule has 2 aliphatic rings. The standard InChI is InChI=1S/C18H26N4OS/c1-14-16(15(2)23-20-14)10-22-8-5-18(13-22)4-3-7-21(12-18)11-17-19-6-9-24-17/h6,9H,3-5,7-8,10-13H2,1-2H3/t18-/m0/s1. The lowest BCUT2D eigenvalue weighted by molar-refractivity contribution is 0.0865. The van der Waals surface area contributed by atoms with E-state index in [1.165, 1.54) is 56.0 Å². The maximum atomic E-state index is 5.33. The van der Waals surface area contributed by atoms with Gasteiger partial charge in [-0.15, -0.1) is 11.3 Å². The summed E-state index contributed by atoms with van der Waals surface area (Å²) in [5.74, 6) is 0.975. The molecule has 24 heavy (non-hydrogen) atoms. The summed E-state index contributed by atoms with van der Waals surface area (Å²) < 4.78 is 5.33. The molecule has 5 nitrogen and oxygen atoms in total. The van der Waals surface area contributed by atoms with E-state index >= 15 is 0 Å². The zero-order valence-electron chi connectivity index (χ0n) is 14.6. The number of piperidine rings is 1. The lowest BCUT2D eigenvalue weighted by atomic mass is 9.79. The molecule has 2 saturated heterocycles. The van der Waals surface area contributed by atoms with Crippen LogP contribution in [0.4, 0.5) is 0 Å². The summed E-state index contributed by atoms with van der Waals surface area (Å²) in [6.45, 7) is 10.9. The van der Waals surface area contributed by atoms with Gasteiger partial charge >= 0.3 is 0 Å². The van der Waals surface area contributed by atoms with Crippen LogP contribution in [0.5, 0.6) is 0 Å². The van der Waals surface area contributed by atoms with E-state index in [4.69, 9.17) is 4.52 Å². The first kappa shape index (κ1) is 16.2. The molecule has 1 atom stereocenters. The molecule has 0 unspecified atom stereocenters. The summed E-state index contributed by atoms with van der Waals surface area (Å²) >= 11 is 1.77. The van der Waals surface area contributed by atoms with Crippen LogP contribution in [0.2, 0.25) is 0 Å². The first-order valence-corrected chi connectivity index (χ1v) is 9.76. The van der Waals surface area contributed by atoms with E-state index in [-0.39, 0.29) is 0 Å². The first-order chi connectivity index (χ1) is 11.6. The number of thiazole rings is 1. The van der Waals surface area contributed by atoms with Crippen molar-refractivity contribution < 1.29 is 4.52 Å². The van der Waals surface area contributed by atoms with Gasteiger partial charge in [-0.25, -0.2) is 4.98 Å². The number of rotatable bonds is 4. The molecule has 2 fully saturated rings. The van der Waals surface area contributed by atoms with Crippen LogP contribution in [0.15, 0.2) is 16.1 Å². The number of aromatic nitrogens is 2. The van der Waals surface area contributed by atoms with Crippen molar-refractivity contribution in [1.82, 2.24) is 19.9 Å². The third-order valence-electron chi connectivity index (χ3n) is 5.66. The number of hydrogen-bond acceptors (Lipinski definition) is 6. The monoisotopic (exact) mass is 346 g/mol. The molecule has 2 aromatic rings. The second-order valence-electron chi connectivity index (χ2n) is 7.50. The molecule has 0 amide bonds. The molecule has 0 bridgehead atoms. The summed E-state index contributed by atoms with van der Waals surface area (Å²) in [6.07, 6.45) is 5.90. The van der Waals surface area contributed by atoms with Crippen molar-refractivity contribution in [2.24, 2.45) is 5.41 Å². The van der Waals surface area contributed by atoms with Crippen LogP contribution in [-0.4, -0.2) is 46.1 Å². The molecule has 2 aromatic heterocycles. The van der Waals surface area contributed by atoms with Crippen molar-refractivity contribution in [3.8, 4) is 0 Å². The quantitative estimate of drug-likeness (QED) is 0.850. The molecule has 4 heterocycles. The second kappa shape index (κ2) is 6.58. The normalized spacial score (nSPS) is 25.8. The minimum atomic E-state index is 0.467. The SMILES string of the molecule is Cc1noc(C)c1CN1CC[C@]2(CCCN(Cc3nccs3)C2)C1. The lowest BCUT2D eigenvalue weighted by Gasteiger charge is -2.40. The Kier molecular flexibility index (Phi) is 4.45. The van der Waals surface area contributed by atoms with Crippen molar-refractivity contribution in [3.05, 3.63) is 33.6 Å². The highest BCUT2D eigenvalue weighted by molar-refractivity contribution is 7.09. The highest BCUT2D eigenvalue weighted by atomic mass is 32.1. The molecule has 0 radical (unpaired) electrons. The van der Waals surface area contributed by atoms with Gasteiger partial charge in [0.1, 0.15) is 10.8 Å². The van der Waals surface area contributed by atoms with Gasteiger partial charge in [0.25, 0.3) is 0 Å². The van der Waals surface area contributed by atoms with Gasteiger partial charge in [-0.3, -0.25) is 9.80 Å².